The number of carbonyl (C=O) groups is 3. The van der Waals surface area contributed by atoms with Crippen LogP contribution in [0.1, 0.15) is 23.2 Å². The second-order valence-corrected chi connectivity index (χ2v) is 8.12. The number of benzene rings is 1. The van der Waals surface area contributed by atoms with Crippen LogP contribution in [0.4, 0.5) is 4.39 Å². The molecule has 1 aromatic rings. The molecule has 1 aromatic carbocycles. The zero-order chi connectivity index (χ0) is 21.3. The summed E-state index contributed by atoms with van der Waals surface area (Å²) in [4.78, 5) is 40.1. The van der Waals surface area contributed by atoms with Crippen LogP contribution in [0.5, 0.6) is 0 Å². The maximum atomic E-state index is 13.0. The number of nitriles is 1. The number of halogens is 1. The van der Waals surface area contributed by atoms with Gasteiger partial charge in [0.25, 0.3) is 5.91 Å². The molecule has 2 heterocycles. The quantitative estimate of drug-likeness (QED) is 0.689. The van der Waals surface area contributed by atoms with Gasteiger partial charge in [-0.25, -0.2) is 4.39 Å². The summed E-state index contributed by atoms with van der Waals surface area (Å²) in [6.45, 7) is 1.79. The van der Waals surface area contributed by atoms with Gasteiger partial charge in [-0.05, 0) is 37.1 Å². The first kappa shape index (κ1) is 20.3. The molecule has 2 aliphatic heterocycles. The summed E-state index contributed by atoms with van der Waals surface area (Å²) < 4.78 is 13.0. The zero-order valence-electron chi connectivity index (χ0n) is 16.5. The van der Waals surface area contributed by atoms with E-state index in [1.165, 1.54) is 24.3 Å². The number of hydrogen-bond donors (Lipinski definition) is 2. The van der Waals surface area contributed by atoms with Crippen LogP contribution in [0, 0.1) is 29.0 Å². The monoisotopic (exact) mass is 413 g/mol. The lowest BCUT2D eigenvalue weighted by molar-refractivity contribution is -0.130. The second kappa shape index (κ2) is 8.40. The third-order valence-electron chi connectivity index (χ3n) is 6.18. The van der Waals surface area contributed by atoms with Crippen LogP contribution in [0.15, 0.2) is 24.3 Å². The number of amides is 3. The Bertz CT molecular complexity index is 872. The van der Waals surface area contributed by atoms with Gasteiger partial charge < -0.3 is 15.1 Å². The Morgan fingerprint density at radius 3 is 2.50 bits per heavy atom. The van der Waals surface area contributed by atoms with E-state index >= 15 is 0 Å². The fraction of sp³-hybridized carbons (Fsp3) is 0.524. The first-order valence-electron chi connectivity index (χ1n) is 10.2. The third kappa shape index (κ3) is 4.14. The van der Waals surface area contributed by atoms with Crippen LogP contribution in [0.3, 0.4) is 0 Å². The van der Waals surface area contributed by atoms with Crippen molar-refractivity contribution < 1.29 is 18.8 Å². The summed E-state index contributed by atoms with van der Waals surface area (Å²) in [5, 5.41) is 14.9. The highest BCUT2D eigenvalue weighted by Gasteiger charge is 2.57. The highest BCUT2D eigenvalue weighted by atomic mass is 19.1. The Morgan fingerprint density at radius 2 is 1.83 bits per heavy atom. The Morgan fingerprint density at radius 1 is 1.13 bits per heavy atom. The molecule has 2 unspecified atom stereocenters. The van der Waals surface area contributed by atoms with Crippen molar-refractivity contribution >= 4 is 17.7 Å². The molecule has 30 heavy (non-hydrogen) atoms. The highest BCUT2D eigenvalue weighted by molar-refractivity contribution is 5.94. The second-order valence-electron chi connectivity index (χ2n) is 8.12. The minimum atomic E-state index is -0.376. The Balaban J connectivity index is 1.16. The van der Waals surface area contributed by atoms with Gasteiger partial charge in [-0.15, -0.1) is 0 Å². The summed E-state index contributed by atoms with van der Waals surface area (Å²) in [6.07, 6.45) is 1.53. The average Bonchev–Trinajstić information content (AvgIpc) is 3.12. The third-order valence-corrected chi connectivity index (χ3v) is 6.18. The van der Waals surface area contributed by atoms with Crippen molar-refractivity contribution in [2.45, 2.75) is 24.9 Å². The highest BCUT2D eigenvalue weighted by Crippen LogP contribution is 2.45. The summed E-state index contributed by atoms with van der Waals surface area (Å²) in [6, 6.07) is 7.32. The van der Waals surface area contributed by atoms with Gasteiger partial charge in [0.15, 0.2) is 0 Å². The summed E-state index contributed by atoms with van der Waals surface area (Å²) in [5.74, 6) is -0.367. The zero-order valence-corrected chi connectivity index (χ0v) is 16.5. The molecule has 0 aromatic heterocycles. The summed E-state index contributed by atoms with van der Waals surface area (Å²) in [5.41, 5.74) is 0.462. The molecule has 4 rings (SSSR count). The van der Waals surface area contributed by atoms with Gasteiger partial charge in [0, 0.05) is 43.1 Å². The molecule has 8 nitrogen and oxygen atoms in total. The van der Waals surface area contributed by atoms with E-state index in [2.05, 4.69) is 16.7 Å². The molecule has 0 bridgehead atoms. The number of rotatable bonds is 6. The van der Waals surface area contributed by atoms with Crippen LogP contribution < -0.4 is 10.6 Å². The van der Waals surface area contributed by atoms with Crippen molar-refractivity contribution in [1.29, 1.82) is 5.26 Å². The fourth-order valence-corrected chi connectivity index (χ4v) is 4.50. The molecular weight excluding hydrogens is 389 g/mol. The van der Waals surface area contributed by atoms with Crippen LogP contribution >= 0.6 is 0 Å². The number of likely N-dealkylation sites (tertiary alicyclic amines) is 2. The van der Waals surface area contributed by atoms with E-state index < -0.39 is 0 Å². The van der Waals surface area contributed by atoms with E-state index in [-0.39, 0.29) is 60.5 Å². The fourth-order valence-electron chi connectivity index (χ4n) is 4.50. The van der Waals surface area contributed by atoms with Gasteiger partial charge in [-0.3, -0.25) is 19.7 Å². The van der Waals surface area contributed by atoms with E-state index in [0.717, 1.165) is 6.42 Å². The van der Waals surface area contributed by atoms with Crippen LogP contribution in [-0.4, -0.2) is 72.3 Å². The van der Waals surface area contributed by atoms with E-state index in [1.54, 1.807) is 9.80 Å². The molecule has 0 radical (unpaired) electrons. The largest absolute Gasteiger partial charge is 0.352 e. The maximum Gasteiger partial charge on any atom is 0.253 e. The lowest BCUT2D eigenvalue weighted by atomic mass is 10.2. The number of fused-ring (bicyclic) bond motifs is 1. The molecule has 3 amide bonds. The smallest absolute Gasteiger partial charge is 0.253 e. The van der Waals surface area contributed by atoms with E-state index in [9.17, 15) is 18.8 Å². The number of hydrogen-bond acceptors (Lipinski definition) is 5. The standard InChI is InChI=1S/C21H24FN5O3/c22-14-5-3-13(4-6-14)21(30)26-11-16-17(12-26)20(16)25-18(28)9-24-10-19(29)27-7-1-2-15(27)8-23/h3-6,15-17,20,24H,1-2,7,9-12H2,(H,25,28)/t15-,16?,17?,20?/m0/s1. The first-order valence-corrected chi connectivity index (χ1v) is 10.2. The maximum absolute atomic E-state index is 13.0. The molecule has 3 fully saturated rings. The van der Waals surface area contributed by atoms with E-state index in [4.69, 9.17) is 5.26 Å². The Kier molecular flexibility index (Phi) is 5.68. The lowest BCUT2D eigenvalue weighted by Gasteiger charge is -2.21. The number of nitrogens with zero attached hydrogens (tertiary/aromatic N) is 3. The van der Waals surface area contributed by atoms with Crippen molar-refractivity contribution in [3.05, 3.63) is 35.6 Å². The number of carbonyl (C=O) groups excluding carboxylic acids is 3. The Labute approximate surface area is 174 Å². The van der Waals surface area contributed by atoms with Crippen molar-refractivity contribution in [1.82, 2.24) is 20.4 Å². The van der Waals surface area contributed by atoms with Gasteiger partial charge in [0.2, 0.25) is 11.8 Å². The molecule has 0 spiro atoms. The summed E-state index contributed by atoms with van der Waals surface area (Å²) in [7, 11) is 0. The van der Waals surface area contributed by atoms with Crippen molar-refractivity contribution in [2.24, 2.45) is 11.8 Å². The van der Waals surface area contributed by atoms with Gasteiger partial charge in [-0.1, -0.05) is 0 Å². The van der Waals surface area contributed by atoms with E-state index in [0.29, 0.717) is 31.6 Å². The van der Waals surface area contributed by atoms with Crippen LogP contribution in [0.2, 0.25) is 0 Å². The van der Waals surface area contributed by atoms with Gasteiger partial charge in [0.1, 0.15) is 11.9 Å². The SMILES string of the molecule is N#C[C@@H]1CCCN1C(=O)CNCC(=O)NC1C2CN(C(=O)c3ccc(F)cc3)CC21. The number of piperidine rings is 1. The first-order chi connectivity index (χ1) is 14.5. The van der Waals surface area contributed by atoms with Crippen molar-refractivity contribution in [2.75, 3.05) is 32.7 Å². The summed E-state index contributed by atoms with van der Waals surface area (Å²) >= 11 is 0. The lowest BCUT2D eigenvalue weighted by Crippen LogP contribution is -2.44. The molecule has 3 atom stereocenters. The predicted molar refractivity (Wildman–Crippen MR) is 104 cm³/mol. The van der Waals surface area contributed by atoms with Crippen LogP contribution in [-0.2, 0) is 9.59 Å². The average molecular weight is 413 g/mol. The number of nitrogens with one attached hydrogen (secondary N) is 2. The van der Waals surface area contributed by atoms with Gasteiger partial charge in [-0.2, -0.15) is 5.26 Å². The van der Waals surface area contributed by atoms with Gasteiger partial charge in [0.05, 0.1) is 19.2 Å². The molecule has 2 saturated heterocycles. The predicted octanol–water partition coefficient (Wildman–Crippen LogP) is 0.116. The Hall–Kier alpha value is -2.99. The molecule has 158 valence electrons. The molecular formula is C21H24FN5O3. The molecule has 3 aliphatic rings. The normalized spacial score (nSPS) is 26.8. The van der Waals surface area contributed by atoms with Crippen molar-refractivity contribution in [3.8, 4) is 6.07 Å². The molecule has 1 saturated carbocycles. The van der Waals surface area contributed by atoms with Crippen LogP contribution in [0.25, 0.3) is 0 Å². The minimum absolute atomic E-state index is 0.0308. The minimum Gasteiger partial charge on any atom is -0.352 e. The molecule has 9 heteroatoms. The van der Waals surface area contributed by atoms with Crippen molar-refractivity contribution in [3.63, 3.8) is 0 Å². The van der Waals surface area contributed by atoms with Gasteiger partial charge >= 0.3 is 0 Å². The molecule has 1 aliphatic carbocycles. The molecule has 2 N–H and O–H groups in total. The topological polar surface area (TPSA) is 106 Å². The van der Waals surface area contributed by atoms with E-state index in [1.807, 2.05) is 0 Å².